The summed E-state index contributed by atoms with van der Waals surface area (Å²) in [6.07, 6.45) is -2.21. The number of carbonyl (C=O) groups is 3. The largest absolute Gasteiger partial charge is 0.573 e. The van der Waals surface area contributed by atoms with Gasteiger partial charge in [0.25, 0.3) is 0 Å². The molecule has 212 valence electrons. The number of hydrogen-bond donors (Lipinski definition) is 2. The molecule has 1 aliphatic rings. The molecule has 1 aliphatic carbocycles. The molecule has 1 fully saturated rings. The Labute approximate surface area is 230 Å². The Balaban J connectivity index is 1.78. The van der Waals surface area contributed by atoms with E-state index in [-0.39, 0.29) is 29.2 Å². The molecule has 11 heteroatoms. The first kappa shape index (κ1) is 30.5. The van der Waals surface area contributed by atoms with Gasteiger partial charge in [-0.3, -0.25) is 14.4 Å². The molecule has 0 radical (unpaired) electrons. The molecule has 3 rings (SSSR count). The van der Waals surface area contributed by atoms with Crippen LogP contribution < -0.4 is 15.4 Å². The fourth-order valence-electron chi connectivity index (χ4n) is 4.56. The van der Waals surface area contributed by atoms with Gasteiger partial charge >= 0.3 is 6.36 Å². The Bertz CT molecular complexity index is 1100. The second-order valence-corrected chi connectivity index (χ2v) is 10.6. The Morgan fingerprint density at radius 2 is 1.69 bits per heavy atom. The van der Waals surface area contributed by atoms with Crippen LogP contribution in [0.3, 0.4) is 0 Å². The lowest BCUT2D eigenvalue weighted by molar-refractivity contribution is -0.274. The maximum absolute atomic E-state index is 13.8. The van der Waals surface area contributed by atoms with Crippen molar-refractivity contribution in [1.29, 1.82) is 0 Å². The average molecular weight is 567 g/mol. The Morgan fingerprint density at radius 3 is 2.26 bits per heavy atom. The molecule has 0 aromatic heterocycles. The topological polar surface area (TPSA) is 93.7 Å². The van der Waals surface area contributed by atoms with Gasteiger partial charge in [0.2, 0.25) is 11.8 Å². The molecule has 0 spiro atoms. The monoisotopic (exact) mass is 566 g/mol. The summed E-state index contributed by atoms with van der Waals surface area (Å²) in [6.45, 7) is 3.96. The highest BCUT2D eigenvalue weighted by atomic mass is 32.2. The van der Waals surface area contributed by atoms with Crippen LogP contribution in [0.15, 0.2) is 54.6 Å². The number of benzene rings is 2. The van der Waals surface area contributed by atoms with Gasteiger partial charge in [0.1, 0.15) is 11.8 Å². The summed E-state index contributed by atoms with van der Waals surface area (Å²) in [4.78, 5) is 38.9. The number of carbonyl (C=O) groups excluding carboxylic acids is 3. The van der Waals surface area contributed by atoms with Crippen LogP contribution >= 0.6 is 11.8 Å². The highest BCUT2D eigenvalue weighted by Crippen LogP contribution is 2.40. The third-order valence-corrected chi connectivity index (χ3v) is 7.69. The van der Waals surface area contributed by atoms with Crippen LogP contribution in [0.1, 0.15) is 45.1 Å². The average Bonchev–Trinajstić information content (AvgIpc) is 2.89. The molecule has 1 atom stereocenters. The first-order chi connectivity index (χ1) is 18.5. The van der Waals surface area contributed by atoms with Crippen LogP contribution in [0.5, 0.6) is 5.75 Å². The molecule has 0 unspecified atom stereocenters. The van der Waals surface area contributed by atoms with E-state index in [4.69, 9.17) is 4.74 Å². The van der Waals surface area contributed by atoms with Crippen molar-refractivity contribution < 1.29 is 37.0 Å². The van der Waals surface area contributed by atoms with Gasteiger partial charge in [0.05, 0.1) is 11.5 Å². The van der Waals surface area contributed by atoms with Crippen molar-refractivity contribution >= 4 is 34.4 Å². The predicted molar refractivity (Wildman–Crippen MR) is 143 cm³/mol. The van der Waals surface area contributed by atoms with Crippen molar-refractivity contribution in [2.75, 3.05) is 17.7 Å². The van der Waals surface area contributed by atoms with Gasteiger partial charge < -0.3 is 20.1 Å². The van der Waals surface area contributed by atoms with Crippen LogP contribution in [-0.4, -0.2) is 47.8 Å². The Kier molecular flexibility index (Phi) is 10.8. The highest BCUT2D eigenvalue weighted by Gasteiger charge is 2.43. The minimum atomic E-state index is -4.83. The molecule has 1 saturated carbocycles. The summed E-state index contributed by atoms with van der Waals surface area (Å²) >= 11 is 1.09. The second kappa shape index (κ2) is 13.8. The molecular formula is C28H33F3N2O5S. The zero-order valence-corrected chi connectivity index (χ0v) is 22.7. The molecule has 2 aromatic carbocycles. The Morgan fingerprint density at radius 1 is 1.05 bits per heavy atom. The number of hydrogen-bond acceptors (Lipinski definition) is 6. The van der Waals surface area contributed by atoms with Crippen molar-refractivity contribution in [1.82, 2.24) is 5.32 Å². The van der Waals surface area contributed by atoms with Crippen molar-refractivity contribution in [2.45, 2.75) is 64.5 Å². The third-order valence-electron chi connectivity index (χ3n) is 6.59. The number of amides is 2. The molecule has 2 aromatic rings. The van der Waals surface area contributed by atoms with E-state index in [9.17, 15) is 27.6 Å². The van der Waals surface area contributed by atoms with E-state index in [0.29, 0.717) is 38.0 Å². The molecular weight excluding hydrogens is 533 g/mol. The highest BCUT2D eigenvalue weighted by molar-refractivity contribution is 8.13. The van der Waals surface area contributed by atoms with Gasteiger partial charge in [0, 0.05) is 31.4 Å². The van der Waals surface area contributed by atoms with Crippen molar-refractivity contribution in [2.24, 2.45) is 5.41 Å². The van der Waals surface area contributed by atoms with Gasteiger partial charge in [0.15, 0.2) is 5.12 Å². The Hall–Kier alpha value is -3.05. The molecule has 0 heterocycles. The van der Waals surface area contributed by atoms with E-state index in [0.717, 1.165) is 29.5 Å². The first-order valence-electron chi connectivity index (χ1n) is 12.8. The number of rotatable bonds is 11. The summed E-state index contributed by atoms with van der Waals surface area (Å²) in [7, 11) is 0. The number of thioether (sulfide) groups is 1. The summed E-state index contributed by atoms with van der Waals surface area (Å²) in [5, 5.41) is 5.50. The summed E-state index contributed by atoms with van der Waals surface area (Å²) in [5.41, 5.74) is 0.232. The van der Waals surface area contributed by atoms with Crippen LogP contribution in [0.2, 0.25) is 0 Å². The predicted octanol–water partition coefficient (Wildman–Crippen LogP) is 5.50. The zero-order chi connectivity index (χ0) is 28.5. The molecule has 0 aliphatic heterocycles. The smallest absolute Gasteiger partial charge is 0.406 e. The number of nitrogens with one attached hydrogen (secondary N) is 2. The zero-order valence-electron chi connectivity index (χ0n) is 21.9. The summed E-state index contributed by atoms with van der Waals surface area (Å²) in [5.74, 6) is -0.944. The van der Waals surface area contributed by atoms with Crippen molar-refractivity contribution in [3.63, 3.8) is 0 Å². The maximum atomic E-state index is 13.8. The molecule has 7 nitrogen and oxygen atoms in total. The van der Waals surface area contributed by atoms with Crippen LogP contribution in [0.25, 0.3) is 0 Å². The number of ether oxygens (including phenoxy) is 2. The molecule has 39 heavy (non-hydrogen) atoms. The van der Waals surface area contributed by atoms with Gasteiger partial charge in [-0.25, -0.2) is 0 Å². The fraction of sp³-hybridized carbons (Fsp3) is 0.464. The molecule has 0 bridgehead atoms. The van der Waals surface area contributed by atoms with Crippen LogP contribution in [0.4, 0.5) is 18.9 Å². The maximum Gasteiger partial charge on any atom is 0.573 e. The third kappa shape index (κ3) is 9.58. The first-order valence-corrected chi connectivity index (χ1v) is 13.7. The molecule has 0 saturated heterocycles. The lowest BCUT2D eigenvalue weighted by Crippen LogP contribution is -2.53. The molecule has 2 amide bonds. The second-order valence-electron chi connectivity index (χ2n) is 9.49. The lowest BCUT2D eigenvalue weighted by Gasteiger charge is -2.39. The summed E-state index contributed by atoms with van der Waals surface area (Å²) in [6, 6.07) is 13.0. The van der Waals surface area contributed by atoms with Gasteiger partial charge in [-0.15, -0.1) is 13.2 Å². The van der Waals surface area contributed by atoms with Crippen molar-refractivity contribution in [3.05, 3.63) is 60.2 Å². The van der Waals surface area contributed by atoms with E-state index in [1.165, 1.54) is 19.1 Å². The standard InChI is InChI=1S/C28H33F3N2O5S/c1-3-37-22-13-15-27(16-14-22,18-39-19(2)34)26(36)33-24(17-20-7-5-4-6-8-20)25(35)32-21-9-11-23(12-10-21)38-28(29,30)31/h4-12,22,24H,3,13-18H2,1-2H3,(H,32,35)(H,33,36)/t22?,24-,27?/m0/s1. The number of anilines is 1. The number of halogens is 3. The normalized spacial score (nSPS) is 20.1. The van der Waals surface area contributed by atoms with E-state index >= 15 is 0 Å². The number of alkyl halides is 3. The van der Waals surface area contributed by atoms with Gasteiger partial charge in [-0.05, 0) is 62.4 Å². The van der Waals surface area contributed by atoms with Gasteiger partial charge in [-0.2, -0.15) is 0 Å². The minimum Gasteiger partial charge on any atom is -0.406 e. The fourth-order valence-corrected chi connectivity index (χ4v) is 5.46. The van der Waals surface area contributed by atoms with E-state index < -0.39 is 29.5 Å². The summed E-state index contributed by atoms with van der Waals surface area (Å²) < 4.78 is 47.0. The van der Waals surface area contributed by atoms with E-state index in [1.807, 2.05) is 37.3 Å². The molecule has 2 N–H and O–H groups in total. The SMILES string of the molecule is CCOC1CCC(CSC(C)=O)(C(=O)N[C@@H](Cc2ccccc2)C(=O)Nc2ccc(OC(F)(F)F)cc2)CC1. The lowest BCUT2D eigenvalue weighted by atomic mass is 9.73. The van der Waals surface area contributed by atoms with Crippen LogP contribution in [-0.2, 0) is 25.5 Å². The van der Waals surface area contributed by atoms with Gasteiger partial charge in [-0.1, -0.05) is 42.1 Å². The van der Waals surface area contributed by atoms with Crippen molar-refractivity contribution in [3.8, 4) is 5.75 Å². The van der Waals surface area contributed by atoms with E-state index in [1.54, 1.807) is 0 Å². The minimum absolute atomic E-state index is 0.0472. The quantitative estimate of drug-likeness (QED) is 0.373. The van der Waals surface area contributed by atoms with E-state index in [2.05, 4.69) is 15.4 Å². The van der Waals surface area contributed by atoms with Crippen LogP contribution in [0, 0.1) is 5.41 Å².